The molecule has 0 atom stereocenters. The van der Waals surface area contributed by atoms with Gasteiger partial charge in [-0.2, -0.15) is 0 Å². The van der Waals surface area contributed by atoms with Crippen molar-refractivity contribution in [2.24, 2.45) is 0 Å². The fraction of sp³-hybridized carbons (Fsp3) is 0.214. The lowest BCUT2D eigenvalue weighted by atomic mass is 10.1. The molecule has 0 bridgehead atoms. The minimum atomic E-state index is -1.14. The maximum atomic E-state index is 11.3. The van der Waals surface area contributed by atoms with Crippen molar-refractivity contribution in [3.8, 4) is 22.8 Å². The summed E-state index contributed by atoms with van der Waals surface area (Å²) in [6.07, 6.45) is 1.62. The van der Waals surface area contributed by atoms with Gasteiger partial charge in [0.25, 0.3) is 0 Å². The maximum Gasteiger partial charge on any atom is 0.358 e. The van der Waals surface area contributed by atoms with Gasteiger partial charge in [0.1, 0.15) is 5.69 Å². The number of aromatic carboxylic acids is 1. The molecule has 1 aromatic heterocycles. The van der Waals surface area contributed by atoms with Crippen molar-refractivity contribution < 1.29 is 19.4 Å². The summed E-state index contributed by atoms with van der Waals surface area (Å²) in [4.78, 5) is 11.3. The van der Waals surface area contributed by atoms with Crippen molar-refractivity contribution >= 4 is 5.97 Å². The molecule has 7 nitrogen and oxygen atoms in total. The van der Waals surface area contributed by atoms with E-state index in [1.807, 2.05) is 0 Å². The molecule has 0 radical (unpaired) electrons. The molecule has 2 rings (SSSR count). The summed E-state index contributed by atoms with van der Waals surface area (Å²) in [5.74, 6) is -0.0892. The topological polar surface area (TPSA) is 86.5 Å². The summed E-state index contributed by atoms with van der Waals surface area (Å²) in [7, 11) is 3.04. The number of ether oxygens (including phenoxy) is 2. The van der Waals surface area contributed by atoms with E-state index in [2.05, 4.69) is 16.9 Å². The highest BCUT2D eigenvalue weighted by molar-refractivity contribution is 5.92. The van der Waals surface area contributed by atoms with Crippen molar-refractivity contribution in [2.45, 2.75) is 6.54 Å². The first kappa shape index (κ1) is 14.6. The first-order chi connectivity index (χ1) is 10.1. The van der Waals surface area contributed by atoms with Gasteiger partial charge in [-0.15, -0.1) is 11.7 Å². The smallest absolute Gasteiger partial charge is 0.358 e. The van der Waals surface area contributed by atoms with Crippen molar-refractivity contribution in [1.29, 1.82) is 0 Å². The number of hydrogen-bond acceptors (Lipinski definition) is 5. The predicted octanol–water partition coefficient (Wildman–Crippen LogP) is 1.85. The van der Waals surface area contributed by atoms with Gasteiger partial charge in [0.05, 0.1) is 20.8 Å². The molecule has 0 aliphatic rings. The van der Waals surface area contributed by atoms with E-state index in [0.717, 1.165) is 0 Å². The van der Waals surface area contributed by atoms with Crippen LogP contribution in [0.4, 0.5) is 0 Å². The molecule has 0 spiro atoms. The number of methoxy groups -OCH3 is 2. The Hall–Kier alpha value is -2.83. The van der Waals surface area contributed by atoms with Gasteiger partial charge in [-0.25, -0.2) is 9.48 Å². The molecule has 1 N–H and O–H groups in total. The highest BCUT2D eigenvalue weighted by Crippen LogP contribution is 2.33. The lowest BCUT2D eigenvalue weighted by molar-refractivity contribution is 0.0691. The molecule has 7 heteroatoms. The molecule has 1 heterocycles. The van der Waals surface area contributed by atoms with E-state index in [4.69, 9.17) is 9.47 Å². The molecule has 21 heavy (non-hydrogen) atoms. The Bertz CT molecular complexity index is 679. The molecule has 0 amide bonds. The van der Waals surface area contributed by atoms with Crippen LogP contribution in [-0.4, -0.2) is 40.3 Å². The van der Waals surface area contributed by atoms with Crippen molar-refractivity contribution in [3.05, 3.63) is 36.5 Å². The number of aromatic nitrogens is 3. The van der Waals surface area contributed by atoms with E-state index in [0.29, 0.717) is 29.3 Å². The second kappa shape index (κ2) is 6.08. The average molecular weight is 289 g/mol. The van der Waals surface area contributed by atoms with Gasteiger partial charge in [0.2, 0.25) is 0 Å². The number of benzene rings is 1. The minimum Gasteiger partial charge on any atom is -0.493 e. The molecule has 0 aliphatic carbocycles. The zero-order chi connectivity index (χ0) is 15.4. The van der Waals surface area contributed by atoms with E-state index < -0.39 is 5.97 Å². The number of carbonyl (C=O) groups is 1. The van der Waals surface area contributed by atoms with Crippen LogP contribution in [0.1, 0.15) is 10.5 Å². The first-order valence-corrected chi connectivity index (χ1v) is 6.12. The monoisotopic (exact) mass is 289 g/mol. The summed E-state index contributed by atoms with van der Waals surface area (Å²) in [5.41, 5.74) is 0.893. The lowest BCUT2D eigenvalue weighted by Gasteiger charge is -2.10. The number of nitrogens with zero attached hydrogens (tertiary/aromatic N) is 3. The third kappa shape index (κ3) is 2.71. The van der Waals surface area contributed by atoms with Gasteiger partial charge < -0.3 is 14.6 Å². The summed E-state index contributed by atoms with van der Waals surface area (Å²) in [6.45, 7) is 3.98. The largest absolute Gasteiger partial charge is 0.493 e. The van der Waals surface area contributed by atoms with Crippen LogP contribution in [-0.2, 0) is 6.54 Å². The van der Waals surface area contributed by atoms with E-state index >= 15 is 0 Å². The zero-order valence-corrected chi connectivity index (χ0v) is 11.7. The maximum absolute atomic E-state index is 11.3. The Labute approximate surface area is 121 Å². The standard InChI is InChI=1S/C14H15N3O4/c1-4-7-17-13(12(14(18)19)15-16-17)9-5-6-10(20-2)11(8-9)21-3/h4-6,8H,1,7H2,2-3H3,(H,18,19). The van der Waals surface area contributed by atoms with Crippen LogP contribution in [0.15, 0.2) is 30.9 Å². The number of carboxylic acids is 1. The van der Waals surface area contributed by atoms with E-state index in [9.17, 15) is 9.90 Å². The summed E-state index contributed by atoms with van der Waals surface area (Å²) in [6, 6.07) is 5.11. The van der Waals surface area contributed by atoms with Crippen LogP contribution >= 0.6 is 0 Å². The van der Waals surface area contributed by atoms with E-state index in [-0.39, 0.29) is 5.69 Å². The molecule has 0 saturated carbocycles. The minimum absolute atomic E-state index is 0.121. The number of hydrogen-bond donors (Lipinski definition) is 1. The van der Waals surface area contributed by atoms with Crippen molar-refractivity contribution in [1.82, 2.24) is 15.0 Å². The quantitative estimate of drug-likeness (QED) is 0.817. The first-order valence-electron chi connectivity index (χ1n) is 6.12. The Morgan fingerprint density at radius 3 is 2.67 bits per heavy atom. The molecule has 0 fully saturated rings. The highest BCUT2D eigenvalue weighted by atomic mass is 16.5. The van der Waals surface area contributed by atoms with Gasteiger partial charge in [0, 0.05) is 5.56 Å². The third-order valence-corrected chi connectivity index (χ3v) is 2.90. The fourth-order valence-electron chi connectivity index (χ4n) is 1.98. The van der Waals surface area contributed by atoms with Gasteiger partial charge in [-0.1, -0.05) is 11.3 Å². The Balaban J connectivity index is 2.61. The van der Waals surface area contributed by atoms with Crippen LogP contribution in [0.5, 0.6) is 11.5 Å². The Morgan fingerprint density at radius 1 is 1.38 bits per heavy atom. The van der Waals surface area contributed by atoms with Crippen LogP contribution in [0, 0.1) is 0 Å². The normalized spacial score (nSPS) is 10.2. The van der Waals surface area contributed by atoms with Crippen LogP contribution in [0.2, 0.25) is 0 Å². The average Bonchev–Trinajstić information content (AvgIpc) is 2.91. The van der Waals surface area contributed by atoms with Crippen LogP contribution < -0.4 is 9.47 Å². The van der Waals surface area contributed by atoms with Gasteiger partial charge in [0.15, 0.2) is 17.2 Å². The Morgan fingerprint density at radius 2 is 2.10 bits per heavy atom. The second-order valence-corrected chi connectivity index (χ2v) is 4.13. The van der Waals surface area contributed by atoms with Crippen molar-refractivity contribution in [3.63, 3.8) is 0 Å². The third-order valence-electron chi connectivity index (χ3n) is 2.90. The zero-order valence-electron chi connectivity index (χ0n) is 11.7. The van der Waals surface area contributed by atoms with Gasteiger partial charge in [-0.05, 0) is 18.2 Å². The molecule has 1 aromatic carbocycles. The number of rotatable bonds is 6. The highest BCUT2D eigenvalue weighted by Gasteiger charge is 2.21. The second-order valence-electron chi connectivity index (χ2n) is 4.13. The molecule has 110 valence electrons. The summed E-state index contributed by atoms with van der Waals surface area (Å²) < 4.78 is 11.9. The van der Waals surface area contributed by atoms with E-state index in [1.54, 1.807) is 24.3 Å². The fourth-order valence-corrected chi connectivity index (χ4v) is 1.98. The number of carboxylic acid groups (broad SMARTS) is 1. The van der Waals surface area contributed by atoms with E-state index in [1.165, 1.54) is 18.9 Å². The SMILES string of the molecule is C=CCn1nnc(C(=O)O)c1-c1ccc(OC)c(OC)c1. The van der Waals surface area contributed by atoms with Crippen molar-refractivity contribution in [2.75, 3.05) is 14.2 Å². The van der Waals surface area contributed by atoms with Gasteiger partial charge >= 0.3 is 5.97 Å². The van der Waals surface area contributed by atoms with Crippen LogP contribution in [0.3, 0.4) is 0 Å². The molecule has 0 unspecified atom stereocenters. The molecule has 0 saturated heterocycles. The summed E-state index contributed by atoms with van der Waals surface area (Å²) >= 11 is 0. The molecular formula is C14H15N3O4. The van der Waals surface area contributed by atoms with Gasteiger partial charge in [-0.3, -0.25) is 0 Å². The predicted molar refractivity (Wildman–Crippen MR) is 75.7 cm³/mol. The number of allylic oxidation sites excluding steroid dienone is 1. The molecule has 2 aromatic rings. The molecule has 0 aliphatic heterocycles. The summed E-state index contributed by atoms with van der Waals surface area (Å²) in [5, 5.41) is 16.8. The lowest BCUT2D eigenvalue weighted by Crippen LogP contribution is -2.04. The van der Waals surface area contributed by atoms with Crippen LogP contribution in [0.25, 0.3) is 11.3 Å². The molecular weight excluding hydrogens is 274 g/mol. The Kier molecular flexibility index (Phi) is 4.22.